The first kappa shape index (κ1) is 22.4. The minimum absolute atomic E-state index is 0.000492. The molecule has 11 heteroatoms. The van der Waals surface area contributed by atoms with Crippen molar-refractivity contribution in [2.75, 3.05) is 6.54 Å². The number of aliphatic hydroxyl groups excluding tert-OH is 2. The summed E-state index contributed by atoms with van der Waals surface area (Å²) in [6.07, 6.45) is -2.75. The van der Waals surface area contributed by atoms with Crippen LogP contribution in [-0.2, 0) is 9.59 Å². The van der Waals surface area contributed by atoms with E-state index in [1.54, 1.807) is 0 Å². The predicted octanol–water partition coefficient (Wildman–Crippen LogP) is -0.781. The molecule has 0 radical (unpaired) electrons. The van der Waals surface area contributed by atoms with Crippen LogP contribution in [0.15, 0.2) is 18.2 Å². The van der Waals surface area contributed by atoms with Crippen molar-refractivity contribution in [3.63, 3.8) is 0 Å². The molecule has 1 aliphatic heterocycles. The summed E-state index contributed by atoms with van der Waals surface area (Å²) in [5.41, 5.74) is -2.12. The van der Waals surface area contributed by atoms with E-state index in [-0.39, 0.29) is 16.5 Å². The minimum atomic E-state index is -2.12. The molecule has 5 atom stereocenters. The summed E-state index contributed by atoms with van der Waals surface area (Å²) < 4.78 is 13.3. The fraction of sp³-hybridized carbons (Fsp3) is 0.526. The number of hydrogen-bond donors (Lipinski definition) is 6. The average molecular weight is 444 g/mol. The molecule has 30 heavy (non-hydrogen) atoms. The molecule has 2 aliphatic rings. The maximum absolute atomic E-state index is 13.3. The summed E-state index contributed by atoms with van der Waals surface area (Å²) in [7, 11) is 0. The fourth-order valence-electron chi connectivity index (χ4n) is 3.72. The standard InChI is InChI=1S/C19H23ClFN3O6/c20-10-6-9(3-4-11(10)21)16(27)23-13-7-19(30,8-14(25)15(13)26)18(29)24-12-2-1-5-22-17(12)28/h3-4,6,12-15,25-26,30H,1-2,5,7-8H2,(H,22,28)(H,23,27)(H,24,29)/t12-,13-,14-,15-,19+/m1/s1. The van der Waals surface area contributed by atoms with Gasteiger partial charge in [0.05, 0.1) is 17.2 Å². The van der Waals surface area contributed by atoms with Gasteiger partial charge in [0.1, 0.15) is 23.6 Å². The third-order valence-corrected chi connectivity index (χ3v) is 5.71. The van der Waals surface area contributed by atoms with Crippen molar-refractivity contribution in [1.82, 2.24) is 16.0 Å². The number of halogens is 2. The molecule has 3 rings (SSSR count). The van der Waals surface area contributed by atoms with Crippen LogP contribution in [0, 0.1) is 5.82 Å². The number of rotatable bonds is 4. The normalized spacial score (nSPS) is 31.6. The van der Waals surface area contributed by atoms with E-state index >= 15 is 0 Å². The predicted molar refractivity (Wildman–Crippen MR) is 103 cm³/mol. The monoisotopic (exact) mass is 443 g/mol. The number of nitrogens with one attached hydrogen (secondary N) is 3. The van der Waals surface area contributed by atoms with Crippen LogP contribution in [0.3, 0.4) is 0 Å². The van der Waals surface area contributed by atoms with E-state index in [0.29, 0.717) is 19.4 Å². The lowest BCUT2D eigenvalue weighted by molar-refractivity contribution is -0.159. The van der Waals surface area contributed by atoms with Crippen molar-refractivity contribution in [2.24, 2.45) is 0 Å². The summed E-state index contributed by atoms with van der Waals surface area (Å²) in [6, 6.07) is 1.29. The lowest BCUT2D eigenvalue weighted by Crippen LogP contribution is -2.64. The van der Waals surface area contributed by atoms with Crippen LogP contribution in [0.1, 0.15) is 36.0 Å². The van der Waals surface area contributed by atoms with Gasteiger partial charge in [-0.1, -0.05) is 11.6 Å². The Hall–Kier alpha value is -2.27. The molecule has 9 nitrogen and oxygen atoms in total. The summed E-state index contributed by atoms with van der Waals surface area (Å²) in [5.74, 6) is -2.68. The molecule has 1 heterocycles. The molecule has 3 amide bonds. The molecule has 2 fully saturated rings. The van der Waals surface area contributed by atoms with Gasteiger partial charge in [0.15, 0.2) is 0 Å². The highest BCUT2D eigenvalue weighted by Gasteiger charge is 2.49. The van der Waals surface area contributed by atoms with Gasteiger partial charge in [-0.2, -0.15) is 0 Å². The van der Waals surface area contributed by atoms with Crippen LogP contribution in [0.2, 0.25) is 5.02 Å². The van der Waals surface area contributed by atoms with Gasteiger partial charge in [-0.05, 0) is 31.0 Å². The van der Waals surface area contributed by atoms with Gasteiger partial charge in [0, 0.05) is 24.9 Å². The number of benzene rings is 1. The summed E-state index contributed by atoms with van der Waals surface area (Å²) in [6.45, 7) is 0.502. The van der Waals surface area contributed by atoms with Gasteiger partial charge in [-0.15, -0.1) is 0 Å². The molecule has 6 N–H and O–H groups in total. The third kappa shape index (κ3) is 4.72. The molecule has 0 bridgehead atoms. The van der Waals surface area contributed by atoms with Crippen LogP contribution in [0.25, 0.3) is 0 Å². The van der Waals surface area contributed by atoms with Crippen molar-refractivity contribution in [3.8, 4) is 0 Å². The number of carbonyl (C=O) groups excluding carboxylic acids is 3. The second kappa shape index (κ2) is 8.84. The Morgan fingerprint density at radius 3 is 2.63 bits per heavy atom. The molecular formula is C19H23ClFN3O6. The Morgan fingerprint density at radius 2 is 1.97 bits per heavy atom. The number of hydrogen-bond acceptors (Lipinski definition) is 6. The van der Waals surface area contributed by atoms with E-state index in [9.17, 15) is 34.1 Å². The van der Waals surface area contributed by atoms with E-state index in [2.05, 4.69) is 16.0 Å². The van der Waals surface area contributed by atoms with Gasteiger partial charge >= 0.3 is 0 Å². The van der Waals surface area contributed by atoms with Crippen LogP contribution >= 0.6 is 11.6 Å². The fourth-order valence-corrected chi connectivity index (χ4v) is 3.90. The van der Waals surface area contributed by atoms with Gasteiger partial charge < -0.3 is 31.3 Å². The molecule has 0 spiro atoms. The highest BCUT2D eigenvalue weighted by atomic mass is 35.5. The maximum atomic E-state index is 13.3. The van der Waals surface area contributed by atoms with Gasteiger partial charge in [-0.3, -0.25) is 14.4 Å². The zero-order valence-corrected chi connectivity index (χ0v) is 16.7. The van der Waals surface area contributed by atoms with Crippen molar-refractivity contribution >= 4 is 29.3 Å². The van der Waals surface area contributed by atoms with Crippen molar-refractivity contribution in [1.29, 1.82) is 0 Å². The van der Waals surface area contributed by atoms with E-state index in [0.717, 1.165) is 12.1 Å². The van der Waals surface area contributed by atoms with E-state index in [1.807, 2.05) is 0 Å². The molecule has 0 unspecified atom stereocenters. The van der Waals surface area contributed by atoms with Crippen molar-refractivity contribution < 1.29 is 34.1 Å². The van der Waals surface area contributed by atoms with E-state index in [1.165, 1.54) is 6.07 Å². The highest BCUT2D eigenvalue weighted by molar-refractivity contribution is 6.31. The van der Waals surface area contributed by atoms with Crippen molar-refractivity contribution in [3.05, 3.63) is 34.6 Å². The molecule has 164 valence electrons. The van der Waals surface area contributed by atoms with Gasteiger partial charge in [-0.25, -0.2) is 4.39 Å². The van der Waals surface area contributed by atoms with Crippen molar-refractivity contribution in [2.45, 2.75) is 55.6 Å². The lowest BCUT2D eigenvalue weighted by Gasteiger charge is -2.42. The summed E-state index contributed by atoms with van der Waals surface area (Å²) >= 11 is 5.67. The Labute approximate surface area is 176 Å². The topological polar surface area (TPSA) is 148 Å². The quantitative estimate of drug-likeness (QED) is 0.359. The Kier molecular flexibility index (Phi) is 6.61. The Morgan fingerprint density at radius 1 is 1.23 bits per heavy atom. The van der Waals surface area contributed by atoms with Crippen LogP contribution in [-0.4, -0.2) is 69.5 Å². The minimum Gasteiger partial charge on any atom is -0.390 e. The lowest BCUT2D eigenvalue weighted by atomic mass is 9.77. The van der Waals surface area contributed by atoms with E-state index < -0.39 is 60.4 Å². The smallest absolute Gasteiger partial charge is 0.252 e. The maximum Gasteiger partial charge on any atom is 0.252 e. The number of amides is 3. The molecule has 1 saturated heterocycles. The van der Waals surface area contributed by atoms with Crippen LogP contribution < -0.4 is 16.0 Å². The Balaban J connectivity index is 1.72. The summed E-state index contributed by atoms with van der Waals surface area (Å²) in [5, 5.41) is 38.5. The third-order valence-electron chi connectivity index (χ3n) is 5.42. The first-order valence-corrected chi connectivity index (χ1v) is 9.91. The first-order chi connectivity index (χ1) is 14.1. The molecule has 1 aliphatic carbocycles. The average Bonchev–Trinajstić information content (AvgIpc) is 2.69. The molecule has 1 aromatic carbocycles. The molecule has 0 aromatic heterocycles. The second-order valence-electron chi connectivity index (χ2n) is 7.67. The zero-order chi connectivity index (χ0) is 22.1. The zero-order valence-electron chi connectivity index (χ0n) is 15.9. The molecular weight excluding hydrogens is 421 g/mol. The second-order valence-corrected chi connectivity index (χ2v) is 8.07. The summed E-state index contributed by atoms with van der Waals surface area (Å²) in [4.78, 5) is 37.0. The van der Waals surface area contributed by atoms with Gasteiger partial charge in [0.2, 0.25) is 5.91 Å². The molecule has 1 aromatic rings. The van der Waals surface area contributed by atoms with E-state index in [4.69, 9.17) is 11.6 Å². The first-order valence-electron chi connectivity index (χ1n) is 9.54. The number of piperidine rings is 1. The molecule has 1 saturated carbocycles. The Bertz CT molecular complexity index is 856. The van der Waals surface area contributed by atoms with Gasteiger partial charge in [0.25, 0.3) is 11.8 Å². The van der Waals surface area contributed by atoms with Crippen LogP contribution in [0.4, 0.5) is 4.39 Å². The van der Waals surface area contributed by atoms with Crippen LogP contribution in [0.5, 0.6) is 0 Å². The number of carbonyl (C=O) groups is 3. The highest BCUT2D eigenvalue weighted by Crippen LogP contribution is 2.30. The SMILES string of the molecule is O=C(N[C@@H]1C[C@@](O)(C(=O)N[C@@H]2CCCNC2=O)C[C@@H](O)[C@@H]1O)c1ccc(F)c(Cl)c1. The number of aliphatic hydroxyl groups is 3. The largest absolute Gasteiger partial charge is 0.390 e.